The fraction of sp³-hybridized carbons (Fsp3) is 0.529. The lowest BCUT2D eigenvalue weighted by Gasteiger charge is -2.14. The largest absolute Gasteiger partial charge is 0.373 e. The van der Waals surface area contributed by atoms with Crippen molar-refractivity contribution in [3.8, 4) is 0 Å². The molecule has 0 saturated heterocycles. The van der Waals surface area contributed by atoms with Crippen molar-refractivity contribution >= 4 is 11.9 Å². The van der Waals surface area contributed by atoms with Crippen molar-refractivity contribution in [2.75, 3.05) is 0 Å². The smallest absolute Gasteiger partial charge is 0.289 e. The highest BCUT2D eigenvalue weighted by atomic mass is 17.3. The first kappa shape index (κ1) is 33.5. The van der Waals surface area contributed by atoms with Gasteiger partial charge in [-0.15, -0.1) is 9.78 Å². The second kappa shape index (κ2) is 21.1. The van der Waals surface area contributed by atoms with Crippen LogP contribution in [0.25, 0.3) is 0 Å². The minimum absolute atomic E-state index is 0.0728. The van der Waals surface area contributed by atoms with Gasteiger partial charge in [0, 0.05) is 6.42 Å². The molecule has 220 valence electrons. The maximum atomic E-state index is 12.5. The van der Waals surface area contributed by atoms with Gasteiger partial charge in [-0.2, -0.15) is 0 Å². The highest BCUT2D eigenvalue weighted by molar-refractivity contribution is 5.89. The molecule has 2 rings (SSSR count). The van der Waals surface area contributed by atoms with Crippen LogP contribution in [0, 0.1) is 13.2 Å². The van der Waals surface area contributed by atoms with Crippen LogP contribution < -0.4 is 0 Å². The third kappa shape index (κ3) is 14.1. The summed E-state index contributed by atoms with van der Waals surface area (Å²) in [4.78, 5) is 45.6. The van der Waals surface area contributed by atoms with Crippen LogP contribution in [0.1, 0.15) is 136 Å². The Labute approximate surface area is 241 Å². The van der Waals surface area contributed by atoms with Crippen molar-refractivity contribution in [3.05, 3.63) is 84.0 Å². The predicted molar refractivity (Wildman–Crippen MR) is 158 cm³/mol. The van der Waals surface area contributed by atoms with E-state index in [1.165, 1.54) is 49.7 Å². The monoisotopic (exact) mass is 552 g/mol. The minimum Gasteiger partial charge on any atom is -0.289 e. The minimum atomic E-state index is -0.642. The van der Waals surface area contributed by atoms with E-state index in [-0.39, 0.29) is 6.29 Å². The molecule has 0 aromatic heterocycles. The number of hydrogen-bond donors (Lipinski definition) is 0. The molecule has 0 amide bonds. The Bertz CT molecular complexity index is 866. The van der Waals surface area contributed by atoms with Gasteiger partial charge in [0.15, 0.2) is 0 Å². The SMILES string of the molecule is [CH2]CCCCCC[C](OOC(=O)c1ccc(CCCCCC)cc1)OOC(=O)c1ccc(CCCCCC)cc1. The molecular formula is C34H48O6. The van der Waals surface area contributed by atoms with Crippen LogP contribution in [0.5, 0.6) is 0 Å². The van der Waals surface area contributed by atoms with E-state index in [9.17, 15) is 9.59 Å². The van der Waals surface area contributed by atoms with Gasteiger partial charge < -0.3 is 0 Å². The molecule has 40 heavy (non-hydrogen) atoms. The van der Waals surface area contributed by atoms with E-state index in [4.69, 9.17) is 19.6 Å². The average molecular weight is 553 g/mol. The third-order valence-corrected chi connectivity index (χ3v) is 6.82. The van der Waals surface area contributed by atoms with Crippen LogP contribution in [0.3, 0.4) is 0 Å². The zero-order chi connectivity index (χ0) is 28.8. The summed E-state index contributed by atoms with van der Waals surface area (Å²) in [7, 11) is 0. The third-order valence-electron chi connectivity index (χ3n) is 6.82. The number of carbonyl (C=O) groups is 2. The molecule has 0 aliphatic carbocycles. The fourth-order valence-corrected chi connectivity index (χ4v) is 4.29. The molecular weight excluding hydrogens is 504 g/mol. The van der Waals surface area contributed by atoms with Crippen molar-refractivity contribution in [3.63, 3.8) is 0 Å². The van der Waals surface area contributed by atoms with Crippen molar-refractivity contribution in [2.45, 2.75) is 117 Å². The Morgan fingerprint density at radius 2 is 0.975 bits per heavy atom. The Kier molecular flexibility index (Phi) is 17.7. The number of aryl methyl sites for hydroxylation is 2. The fourth-order valence-electron chi connectivity index (χ4n) is 4.29. The summed E-state index contributed by atoms with van der Waals surface area (Å²) in [5.74, 6) is -1.28. The summed E-state index contributed by atoms with van der Waals surface area (Å²) in [5, 5.41) is 0. The molecule has 2 radical (unpaired) electrons. The van der Waals surface area contributed by atoms with Crippen LogP contribution >= 0.6 is 0 Å². The predicted octanol–water partition coefficient (Wildman–Crippen LogP) is 9.47. The summed E-state index contributed by atoms with van der Waals surface area (Å²) >= 11 is 0. The van der Waals surface area contributed by atoms with Gasteiger partial charge >= 0.3 is 18.2 Å². The van der Waals surface area contributed by atoms with E-state index < -0.39 is 11.9 Å². The maximum Gasteiger partial charge on any atom is 0.373 e. The summed E-state index contributed by atoms with van der Waals surface area (Å²) in [6.07, 6.45) is 16.4. The van der Waals surface area contributed by atoms with Crippen LogP contribution in [-0.4, -0.2) is 11.9 Å². The number of rotatable bonds is 22. The average Bonchev–Trinajstić information content (AvgIpc) is 2.98. The number of carbonyl (C=O) groups excluding carboxylic acids is 2. The maximum absolute atomic E-state index is 12.5. The molecule has 2 aromatic rings. The van der Waals surface area contributed by atoms with Gasteiger partial charge in [-0.05, 0) is 67.5 Å². The summed E-state index contributed by atoms with van der Waals surface area (Å²) in [5.41, 5.74) is 3.11. The molecule has 2 aromatic carbocycles. The second-order valence-electron chi connectivity index (χ2n) is 10.3. The standard InChI is InChI=1S/C34H48O6/c1-4-7-10-13-16-19-32(37-39-33(35)30-24-20-28(21-25-30)17-14-11-8-5-2)38-40-34(36)31-26-22-29(23-27-31)18-15-12-9-6-3/h20-27H,1,4-19H2,2-3H3. The zero-order valence-electron chi connectivity index (χ0n) is 24.6. The summed E-state index contributed by atoms with van der Waals surface area (Å²) in [6, 6.07) is 14.7. The molecule has 0 saturated carbocycles. The summed E-state index contributed by atoms with van der Waals surface area (Å²) in [6.45, 7) is 8.25. The first-order chi connectivity index (χ1) is 19.6. The van der Waals surface area contributed by atoms with Gasteiger partial charge in [0.1, 0.15) is 0 Å². The Morgan fingerprint density at radius 1 is 0.550 bits per heavy atom. The first-order valence-corrected chi connectivity index (χ1v) is 15.2. The molecule has 0 aliphatic heterocycles. The highest BCUT2D eigenvalue weighted by Gasteiger charge is 2.21. The van der Waals surface area contributed by atoms with Crippen molar-refractivity contribution in [1.29, 1.82) is 0 Å². The Balaban J connectivity index is 1.85. The van der Waals surface area contributed by atoms with Crippen LogP contribution in [-0.2, 0) is 32.4 Å². The number of unbranched alkanes of at least 4 members (excludes halogenated alkanes) is 10. The van der Waals surface area contributed by atoms with Gasteiger partial charge in [0.2, 0.25) is 0 Å². The van der Waals surface area contributed by atoms with Crippen LogP contribution in [0.2, 0.25) is 0 Å². The van der Waals surface area contributed by atoms with Crippen molar-refractivity contribution < 1.29 is 29.1 Å². The van der Waals surface area contributed by atoms with Gasteiger partial charge in [0.05, 0.1) is 11.1 Å². The Hall–Kier alpha value is -2.70. The first-order valence-electron chi connectivity index (χ1n) is 15.2. The lowest BCUT2D eigenvalue weighted by atomic mass is 10.0. The quantitative estimate of drug-likeness (QED) is 0.0823. The molecule has 0 N–H and O–H groups in total. The number of benzene rings is 2. The van der Waals surface area contributed by atoms with E-state index in [1.54, 1.807) is 24.3 Å². The van der Waals surface area contributed by atoms with Gasteiger partial charge in [0.25, 0.3) is 0 Å². The van der Waals surface area contributed by atoms with Crippen LogP contribution in [0.4, 0.5) is 0 Å². The second-order valence-corrected chi connectivity index (χ2v) is 10.3. The zero-order valence-corrected chi connectivity index (χ0v) is 24.6. The molecule has 0 heterocycles. The van der Waals surface area contributed by atoms with Crippen molar-refractivity contribution in [2.24, 2.45) is 0 Å². The molecule has 0 aliphatic rings. The Morgan fingerprint density at radius 3 is 1.40 bits per heavy atom. The molecule has 0 bridgehead atoms. The molecule has 0 fully saturated rings. The number of hydrogen-bond acceptors (Lipinski definition) is 6. The van der Waals surface area contributed by atoms with Crippen LogP contribution in [0.15, 0.2) is 48.5 Å². The van der Waals surface area contributed by atoms with E-state index in [0.29, 0.717) is 17.5 Å². The van der Waals surface area contributed by atoms with Gasteiger partial charge in [-0.25, -0.2) is 9.59 Å². The summed E-state index contributed by atoms with van der Waals surface area (Å²) < 4.78 is 0. The normalized spacial score (nSPS) is 11.1. The molecule has 6 heteroatoms. The van der Waals surface area contributed by atoms with Gasteiger partial charge in [-0.3, -0.25) is 9.78 Å². The van der Waals surface area contributed by atoms with Crippen molar-refractivity contribution in [1.82, 2.24) is 0 Å². The van der Waals surface area contributed by atoms with Gasteiger partial charge in [-0.1, -0.05) is 109 Å². The van der Waals surface area contributed by atoms with E-state index in [1.807, 2.05) is 24.3 Å². The highest BCUT2D eigenvalue weighted by Crippen LogP contribution is 2.20. The lowest BCUT2D eigenvalue weighted by Crippen LogP contribution is -2.16. The lowest BCUT2D eigenvalue weighted by molar-refractivity contribution is -0.363. The molecule has 0 atom stereocenters. The molecule has 0 unspecified atom stereocenters. The van der Waals surface area contributed by atoms with E-state index in [2.05, 4.69) is 20.8 Å². The molecule has 6 nitrogen and oxygen atoms in total. The van der Waals surface area contributed by atoms with E-state index in [0.717, 1.165) is 57.8 Å². The van der Waals surface area contributed by atoms with E-state index >= 15 is 0 Å². The topological polar surface area (TPSA) is 71.1 Å². The molecule has 0 spiro atoms.